The first-order chi connectivity index (χ1) is 16.0. The van der Waals surface area contributed by atoms with Gasteiger partial charge in [-0.2, -0.15) is 65.9 Å². The molecule has 0 saturated heterocycles. The average Bonchev–Trinajstić information content (AvgIpc) is 2.70. The lowest BCUT2D eigenvalue weighted by Gasteiger charge is -2.41. The molecule has 0 N–H and O–H groups in total. The van der Waals surface area contributed by atoms with E-state index < -0.39 is 52.1 Å². The molecule has 0 rings (SSSR count). The highest BCUT2D eigenvalue weighted by Gasteiger charge is 2.93. The van der Waals surface area contributed by atoms with Crippen LogP contribution in [0, 0.1) is 0 Å². The highest BCUT2D eigenvalue weighted by atomic mass is 127. The lowest BCUT2D eigenvalue weighted by molar-refractivity contribution is -0.452. The number of alkyl halides is 16. The van der Waals surface area contributed by atoms with E-state index in [-0.39, 0.29) is 12.8 Å². The molecule has 16 heteroatoms. The second-order valence-corrected chi connectivity index (χ2v) is 10.3. The van der Waals surface area contributed by atoms with Crippen LogP contribution in [0.1, 0.15) is 77.6 Å². The molecule has 0 aliphatic carbocycles. The molecule has 0 aromatic rings. The fraction of sp³-hybridized carbons (Fsp3) is 1.00. The van der Waals surface area contributed by atoms with Gasteiger partial charge in [0.15, 0.2) is 0 Å². The summed E-state index contributed by atoms with van der Waals surface area (Å²) in [6.07, 6.45) is -3.15. The van der Waals surface area contributed by atoms with E-state index in [0.717, 1.165) is 61.1 Å². The van der Waals surface area contributed by atoms with Gasteiger partial charge in [-0.1, -0.05) is 87.3 Å². The van der Waals surface area contributed by atoms with E-state index in [1.165, 1.54) is 0 Å². The molecule has 1 unspecified atom stereocenters. The van der Waals surface area contributed by atoms with E-state index in [0.29, 0.717) is 12.8 Å². The van der Waals surface area contributed by atoms with Crippen molar-refractivity contribution in [1.29, 1.82) is 0 Å². The van der Waals surface area contributed by atoms with Gasteiger partial charge in [0.05, 0.1) is 0 Å². The number of hydrogen-bond donors (Lipinski definition) is 0. The van der Waals surface area contributed by atoms with Gasteiger partial charge < -0.3 is 0 Å². The number of rotatable bonds is 17. The molecule has 0 nitrogen and oxygen atoms in total. The standard InChI is InChI=1S/C20H26F15I/c1-2-3-4-5-6-7-8-9-10-11-13(36)12-14(21,22)15(23,24)16(25,26)17(27,28)18(29,30)19(31,32)20(33,34)35/h13H,2-12H2,1H3. The van der Waals surface area contributed by atoms with Crippen LogP contribution in [-0.2, 0) is 0 Å². The first kappa shape index (κ1) is 35.7. The van der Waals surface area contributed by atoms with Gasteiger partial charge in [0.25, 0.3) is 0 Å². The maximum atomic E-state index is 14.0. The van der Waals surface area contributed by atoms with E-state index >= 15 is 0 Å². The third kappa shape index (κ3) is 7.41. The highest BCUT2D eigenvalue weighted by Crippen LogP contribution is 2.62. The quantitative estimate of drug-likeness (QED) is 0.0622. The molecule has 1 atom stereocenters. The Bertz CT molecular complexity index is 658. The summed E-state index contributed by atoms with van der Waals surface area (Å²) in [5.41, 5.74) is 0. The molecule has 0 radical (unpaired) electrons. The molecular formula is C20H26F15I. The van der Waals surface area contributed by atoms with Crippen LogP contribution in [0.5, 0.6) is 0 Å². The van der Waals surface area contributed by atoms with Crippen LogP contribution in [0.25, 0.3) is 0 Å². The van der Waals surface area contributed by atoms with Crippen LogP contribution < -0.4 is 0 Å². The molecule has 36 heavy (non-hydrogen) atoms. The zero-order valence-corrected chi connectivity index (χ0v) is 21.1. The van der Waals surface area contributed by atoms with Gasteiger partial charge >= 0.3 is 41.7 Å². The topological polar surface area (TPSA) is 0 Å². The van der Waals surface area contributed by atoms with Crippen LogP contribution in [0.15, 0.2) is 0 Å². The van der Waals surface area contributed by atoms with Crippen LogP contribution in [-0.4, -0.2) is 45.6 Å². The van der Waals surface area contributed by atoms with Crippen molar-refractivity contribution >= 4 is 22.6 Å². The molecule has 0 spiro atoms. The molecule has 0 amide bonds. The van der Waals surface area contributed by atoms with Crippen molar-refractivity contribution in [2.45, 2.75) is 123 Å². The van der Waals surface area contributed by atoms with Crippen LogP contribution in [0.4, 0.5) is 65.9 Å². The van der Waals surface area contributed by atoms with Crippen molar-refractivity contribution in [3.8, 4) is 0 Å². The van der Waals surface area contributed by atoms with Crippen LogP contribution in [0.3, 0.4) is 0 Å². The summed E-state index contributed by atoms with van der Waals surface area (Å²) in [7, 11) is 0. The van der Waals surface area contributed by atoms with Gasteiger partial charge in [-0.05, 0) is 6.42 Å². The second-order valence-electron chi connectivity index (χ2n) is 8.49. The maximum absolute atomic E-state index is 14.0. The van der Waals surface area contributed by atoms with E-state index in [9.17, 15) is 65.9 Å². The van der Waals surface area contributed by atoms with Gasteiger partial charge in [-0.15, -0.1) is 0 Å². The Morgan fingerprint density at radius 2 is 0.806 bits per heavy atom. The fourth-order valence-electron chi connectivity index (χ4n) is 3.18. The Morgan fingerprint density at radius 1 is 0.472 bits per heavy atom. The molecule has 0 fully saturated rings. The van der Waals surface area contributed by atoms with E-state index in [1.54, 1.807) is 0 Å². The predicted octanol–water partition coefficient (Wildman–Crippen LogP) is 10.5. The third-order valence-electron chi connectivity index (χ3n) is 5.49. The number of hydrogen-bond acceptors (Lipinski definition) is 0. The Balaban J connectivity index is 5.34. The summed E-state index contributed by atoms with van der Waals surface area (Å²) < 4.78 is 197. The molecule has 0 aromatic carbocycles. The summed E-state index contributed by atoms with van der Waals surface area (Å²) in [5, 5.41) is 0. The van der Waals surface area contributed by atoms with Crippen molar-refractivity contribution in [3.63, 3.8) is 0 Å². The molecule has 0 bridgehead atoms. The molecular weight excluding hydrogens is 652 g/mol. The largest absolute Gasteiger partial charge is 0.460 e. The highest BCUT2D eigenvalue weighted by molar-refractivity contribution is 14.1. The number of halogens is 16. The summed E-state index contributed by atoms with van der Waals surface area (Å²) >= 11 is 1.12. The summed E-state index contributed by atoms with van der Waals surface area (Å²) in [6.45, 7) is 2.02. The molecule has 0 heterocycles. The first-order valence-corrected chi connectivity index (χ1v) is 12.2. The first-order valence-electron chi connectivity index (χ1n) is 10.9. The molecule has 218 valence electrons. The lowest BCUT2D eigenvalue weighted by atomic mass is 9.89. The van der Waals surface area contributed by atoms with Gasteiger partial charge in [0, 0.05) is 10.3 Å². The third-order valence-corrected chi connectivity index (χ3v) is 6.55. The average molecular weight is 678 g/mol. The smallest absolute Gasteiger partial charge is 0.200 e. The Hall–Kier alpha value is -0.320. The zero-order chi connectivity index (χ0) is 28.9. The Kier molecular flexibility index (Phi) is 12.6. The summed E-state index contributed by atoms with van der Waals surface area (Å²) in [6, 6.07) is 0. The normalized spacial score (nSPS) is 15.9. The minimum absolute atomic E-state index is 0.145. The lowest BCUT2D eigenvalue weighted by Crippen LogP contribution is -2.72. The maximum Gasteiger partial charge on any atom is 0.460 e. The van der Waals surface area contributed by atoms with Gasteiger partial charge in [0.2, 0.25) is 0 Å². The SMILES string of the molecule is CCCCCCCCCCCC(I)CC(F)(F)C(F)(F)C(F)(F)C(F)(F)C(F)(F)C(F)(F)C(F)(F)F. The van der Waals surface area contributed by atoms with E-state index in [2.05, 4.69) is 0 Å². The van der Waals surface area contributed by atoms with Crippen molar-refractivity contribution in [3.05, 3.63) is 0 Å². The molecule has 0 aromatic heterocycles. The summed E-state index contributed by atoms with van der Waals surface area (Å²) in [5.74, 6) is -45.9. The van der Waals surface area contributed by atoms with Crippen molar-refractivity contribution in [1.82, 2.24) is 0 Å². The minimum Gasteiger partial charge on any atom is -0.200 e. The molecule has 0 aliphatic heterocycles. The second kappa shape index (κ2) is 12.7. The minimum atomic E-state index is -8.22. The van der Waals surface area contributed by atoms with E-state index in [4.69, 9.17) is 0 Å². The Labute approximate surface area is 211 Å². The van der Waals surface area contributed by atoms with Crippen molar-refractivity contribution in [2.24, 2.45) is 0 Å². The molecule has 0 aliphatic rings. The van der Waals surface area contributed by atoms with Gasteiger partial charge in [-0.3, -0.25) is 0 Å². The van der Waals surface area contributed by atoms with Crippen LogP contribution >= 0.6 is 22.6 Å². The monoisotopic (exact) mass is 678 g/mol. The van der Waals surface area contributed by atoms with Gasteiger partial charge in [-0.25, -0.2) is 0 Å². The number of unbranched alkanes of at least 4 members (excludes halogenated alkanes) is 8. The van der Waals surface area contributed by atoms with Crippen molar-refractivity contribution < 1.29 is 65.9 Å². The van der Waals surface area contributed by atoms with E-state index in [1.807, 2.05) is 6.92 Å². The van der Waals surface area contributed by atoms with Gasteiger partial charge in [0.1, 0.15) is 0 Å². The Morgan fingerprint density at radius 3 is 1.19 bits per heavy atom. The van der Waals surface area contributed by atoms with Crippen LogP contribution in [0.2, 0.25) is 0 Å². The fourth-order valence-corrected chi connectivity index (χ4v) is 4.18. The summed E-state index contributed by atoms with van der Waals surface area (Å²) in [4.78, 5) is 0. The molecule has 0 saturated carbocycles. The van der Waals surface area contributed by atoms with Crippen molar-refractivity contribution in [2.75, 3.05) is 0 Å². The zero-order valence-electron chi connectivity index (χ0n) is 18.9. The predicted molar refractivity (Wildman–Crippen MR) is 110 cm³/mol.